The summed E-state index contributed by atoms with van der Waals surface area (Å²) in [6.07, 6.45) is 6.17. The molecule has 3 aromatic heterocycles. The van der Waals surface area contributed by atoms with Crippen LogP contribution in [0.1, 0.15) is 25.7 Å². The van der Waals surface area contributed by atoms with E-state index in [2.05, 4.69) is 32.1 Å². The molecule has 3 atom stereocenters. The van der Waals surface area contributed by atoms with E-state index in [9.17, 15) is 5.11 Å². The summed E-state index contributed by atoms with van der Waals surface area (Å²) in [5, 5.41) is 16.9. The highest BCUT2D eigenvalue weighted by molar-refractivity contribution is 7.17. The van der Waals surface area contributed by atoms with Crippen LogP contribution in [0.2, 0.25) is 0 Å². The molecule has 2 bridgehead atoms. The molecule has 3 saturated heterocycles. The summed E-state index contributed by atoms with van der Waals surface area (Å²) in [4.78, 5) is 18.5. The highest BCUT2D eigenvalue weighted by Gasteiger charge is 2.34. The van der Waals surface area contributed by atoms with Crippen LogP contribution in [-0.4, -0.2) is 76.4 Å². The summed E-state index contributed by atoms with van der Waals surface area (Å²) in [5.41, 5.74) is 1.08. The second-order valence-electron chi connectivity index (χ2n) is 10.5. The zero-order valence-corrected chi connectivity index (χ0v) is 21.5. The largest absolute Gasteiger partial charge is 0.508 e. The third-order valence-corrected chi connectivity index (χ3v) is 9.01. The number of thiophene rings is 1. The molecule has 2 unspecified atom stereocenters. The number of rotatable bonds is 5. The molecule has 192 valence electrons. The van der Waals surface area contributed by atoms with Gasteiger partial charge in [0.15, 0.2) is 5.82 Å². The standard InChI is InChI=1S/C27H29FN6O2S/c1-33-8-2-3-17(33)13-36-27-31-25-20(26(32-27)34-11-15-4-5-16(12-34)30-15)10-29-24(23(25)28)21-14-37-22-7-6-18(35)9-19(21)22/h6-7,9-10,14-17,30,35H,2-5,8,11-13H2,1H3/t15?,16?,17-/m0/s1. The Morgan fingerprint density at radius 1 is 1.16 bits per heavy atom. The fourth-order valence-corrected chi connectivity index (χ4v) is 6.97. The molecule has 0 amide bonds. The second-order valence-corrected chi connectivity index (χ2v) is 11.4. The van der Waals surface area contributed by atoms with Crippen LogP contribution in [0.4, 0.5) is 10.2 Å². The normalized spacial score (nSPS) is 23.9. The van der Waals surface area contributed by atoms with Crippen LogP contribution in [0.3, 0.4) is 0 Å². The Hall–Kier alpha value is -3.08. The fraction of sp³-hybridized carbons (Fsp3) is 0.444. The van der Waals surface area contributed by atoms with E-state index in [1.165, 1.54) is 11.3 Å². The number of benzene rings is 1. The molecular weight excluding hydrogens is 491 g/mol. The van der Waals surface area contributed by atoms with Crippen molar-refractivity contribution in [1.82, 2.24) is 25.2 Å². The average molecular weight is 521 g/mol. The van der Waals surface area contributed by atoms with Gasteiger partial charge in [0.05, 0.1) is 5.39 Å². The Kier molecular flexibility index (Phi) is 5.63. The number of piperazine rings is 1. The fourth-order valence-electron chi connectivity index (χ4n) is 6.05. The van der Waals surface area contributed by atoms with Crippen molar-refractivity contribution in [2.45, 2.75) is 43.8 Å². The first-order valence-corrected chi connectivity index (χ1v) is 13.8. The van der Waals surface area contributed by atoms with Crippen LogP contribution in [0.5, 0.6) is 11.8 Å². The third kappa shape index (κ3) is 4.07. The van der Waals surface area contributed by atoms with Crippen molar-refractivity contribution in [3.8, 4) is 23.0 Å². The van der Waals surface area contributed by atoms with E-state index >= 15 is 4.39 Å². The van der Waals surface area contributed by atoms with Gasteiger partial charge >= 0.3 is 6.01 Å². The first kappa shape index (κ1) is 23.1. The number of fused-ring (bicyclic) bond motifs is 4. The first-order valence-electron chi connectivity index (χ1n) is 12.9. The Morgan fingerprint density at radius 2 is 2.00 bits per heavy atom. The molecule has 7 rings (SSSR count). The minimum Gasteiger partial charge on any atom is -0.508 e. The van der Waals surface area contributed by atoms with Gasteiger partial charge in [0.25, 0.3) is 0 Å². The molecule has 1 aromatic carbocycles. The Morgan fingerprint density at radius 3 is 2.78 bits per heavy atom. The lowest BCUT2D eigenvalue weighted by molar-refractivity contribution is 0.188. The van der Waals surface area contributed by atoms with Gasteiger partial charge in [0, 0.05) is 58.4 Å². The molecule has 2 N–H and O–H groups in total. The van der Waals surface area contributed by atoms with Crippen LogP contribution in [-0.2, 0) is 0 Å². The van der Waals surface area contributed by atoms with Crippen molar-refractivity contribution < 1.29 is 14.2 Å². The SMILES string of the molecule is CN1CCC[C@H]1COc1nc(N2CC3CCC(C2)N3)c2cnc(-c3csc4ccc(O)cc34)c(F)c2n1. The summed E-state index contributed by atoms with van der Waals surface area (Å²) in [6.45, 7) is 3.15. The second kappa shape index (κ2) is 9.04. The summed E-state index contributed by atoms with van der Waals surface area (Å²) in [6, 6.07) is 6.45. The molecule has 3 aliphatic rings. The van der Waals surface area contributed by atoms with E-state index in [0.717, 1.165) is 55.4 Å². The van der Waals surface area contributed by atoms with Gasteiger partial charge in [-0.25, -0.2) is 4.39 Å². The molecule has 10 heteroatoms. The quantitative estimate of drug-likeness (QED) is 0.406. The average Bonchev–Trinajstić information content (AvgIpc) is 3.60. The molecule has 37 heavy (non-hydrogen) atoms. The van der Waals surface area contributed by atoms with Gasteiger partial charge in [-0.2, -0.15) is 9.97 Å². The smallest absolute Gasteiger partial charge is 0.319 e. The number of anilines is 1. The van der Waals surface area contributed by atoms with Gasteiger partial charge in [-0.05, 0) is 57.5 Å². The van der Waals surface area contributed by atoms with Crippen molar-refractivity contribution in [1.29, 1.82) is 0 Å². The Labute approximate surface area is 218 Å². The Balaban J connectivity index is 1.33. The molecular formula is C27H29FN6O2S. The summed E-state index contributed by atoms with van der Waals surface area (Å²) in [5.74, 6) is 0.327. The van der Waals surface area contributed by atoms with Crippen LogP contribution in [0.15, 0.2) is 29.8 Å². The van der Waals surface area contributed by atoms with E-state index in [0.29, 0.717) is 41.5 Å². The molecule has 3 fully saturated rings. The number of hydrogen-bond donors (Lipinski definition) is 2. The van der Waals surface area contributed by atoms with Crippen molar-refractivity contribution in [2.75, 3.05) is 38.2 Å². The topological polar surface area (TPSA) is 86.6 Å². The lowest BCUT2D eigenvalue weighted by Gasteiger charge is -2.34. The third-order valence-electron chi connectivity index (χ3n) is 8.05. The number of halogens is 1. The lowest BCUT2D eigenvalue weighted by atomic mass is 10.1. The molecule has 3 aliphatic heterocycles. The van der Waals surface area contributed by atoms with Gasteiger partial charge in [-0.1, -0.05) is 0 Å². The number of phenolic OH excluding ortho intramolecular Hbond substituents is 1. The lowest BCUT2D eigenvalue weighted by Crippen LogP contribution is -2.51. The highest BCUT2D eigenvalue weighted by Crippen LogP contribution is 2.39. The van der Waals surface area contributed by atoms with Gasteiger partial charge in [-0.15, -0.1) is 11.3 Å². The summed E-state index contributed by atoms with van der Waals surface area (Å²) >= 11 is 1.50. The molecule has 8 nitrogen and oxygen atoms in total. The first-order chi connectivity index (χ1) is 18.0. The number of aromatic hydroxyl groups is 1. The van der Waals surface area contributed by atoms with Crippen LogP contribution in [0, 0.1) is 5.82 Å². The number of likely N-dealkylation sites (tertiary alicyclic amines) is 1. The number of aromatic nitrogens is 3. The van der Waals surface area contributed by atoms with Crippen molar-refractivity contribution in [2.24, 2.45) is 0 Å². The van der Waals surface area contributed by atoms with Crippen molar-refractivity contribution >= 4 is 38.1 Å². The van der Waals surface area contributed by atoms with E-state index < -0.39 is 5.82 Å². The molecule has 0 radical (unpaired) electrons. The highest BCUT2D eigenvalue weighted by atomic mass is 32.1. The number of hydrogen-bond acceptors (Lipinski definition) is 9. The monoisotopic (exact) mass is 520 g/mol. The van der Waals surface area contributed by atoms with Crippen LogP contribution in [0.25, 0.3) is 32.2 Å². The Bertz CT molecular complexity index is 1480. The molecule has 4 aromatic rings. The zero-order chi connectivity index (χ0) is 25.1. The van der Waals surface area contributed by atoms with Gasteiger partial charge < -0.3 is 25.0 Å². The zero-order valence-electron chi connectivity index (χ0n) is 20.7. The minimum absolute atomic E-state index is 0.138. The van der Waals surface area contributed by atoms with Crippen molar-refractivity contribution in [3.63, 3.8) is 0 Å². The van der Waals surface area contributed by atoms with E-state index in [4.69, 9.17) is 9.72 Å². The van der Waals surface area contributed by atoms with E-state index in [-0.39, 0.29) is 23.0 Å². The number of likely N-dealkylation sites (N-methyl/N-ethyl adjacent to an activating group) is 1. The van der Waals surface area contributed by atoms with Gasteiger partial charge in [-0.3, -0.25) is 4.98 Å². The molecule has 0 aliphatic carbocycles. The van der Waals surface area contributed by atoms with E-state index in [1.807, 2.05) is 11.4 Å². The number of nitrogens with one attached hydrogen (secondary N) is 1. The molecule has 0 saturated carbocycles. The maximum atomic E-state index is 16.3. The number of ether oxygens (including phenoxy) is 1. The summed E-state index contributed by atoms with van der Waals surface area (Å²) in [7, 11) is 2.10. The maximum absolute atomic E-state index is 16.3. The predicted octanol–water partition coefficient (Wildman–Crippen LogP) is 4.16. The van der Waals surface area contributed by atoms with Crippen molar-refractivity contribution in [3.05, 3.63) is 35.6 Å². The molecule has 0 spiro atoms. The minimum atomic E-state index is -0.495. The van der Waals surface area contributed by atoms with Gasteiger partial charge in [0.2, 0.25) is 0 Å². The number of pyridine rings is 1. The van der Waals surface area contributed by atoms with Crippen LogP contribution >= 0.6 is 11.3 Å². The summed E-state index contributed by atoms with van der Waals surface area (Å²) < 4.78 is 23.3. The molecule has 6 heterocycles. The maximum Gasteiger partial charge on any atom is 0.319 e. The number of nitrogens with zero attached hydrogens (tertiary/aromatic N) is 5. The number of phenols is 1. The predicted molar refractivity (Wildman–Crippen MR) is 143 cm³/mol. The van der Waals surface area contributed by atoms with Gasteiger partial charge in [0.1, 0.15) is 29.4 Å². The van der Waals surface area contributed by atoms with E-state index in [1.54, 1.807) is 18.3 Å². The van der Waals surface area contributed by atoms with Crippen LogP contribution < -0.4 is 15.0 Å².